The van der Waals surface area contributed by atoms with Crippen LogP contribution in [0.3, 0.4) is 0 Å². The first-order valence-corrected chi connectivity index (χ1v) is 8.85. The number of rotatable bonds is 6. The van der Waals surface area contributed by atoms with Gasteiger partial charge in [-0.15, -0.1) is 0 Å². The summed E-state index contributed by atoms with van der Waals surface area (Å²) in [5.41, 5.74) is 0.524. The fourth-order valence-electron chi connectivity index (χ4n) is 3.83. The van der Waals surface area contributed by atoms with Gasteiger partial charge in [-0.2, -0.15) is 0 Å². The maximum atomic E-state index is 5.61. The molecule has 1 N–H and O–H groups in total. The molecule has 0 unspecified atom stereocenters. The number of nitrogens with zero attached hydrogens (tertiary/aromatic N) is 1. The molecule has 118 valence electrons. The summed E-state index contributed by atoms with van der Waals surface area (Å²) in [6, 6.07) is 0. The van der Waals surface area contributed by atoms with Gasteiger partial charge in [0.05, 0.1) is 6.61 Å². The second-order valence-electron chi connectivity index (χ2n) is 6.83. The van der Waals surface area contributed by atoms with Crippen LogP contribution >= 0.6 is 0 Å². The van der Waals surface area contributed by atoms with Gasteiger partial charge in [0.15, 0.2) is 0 Å². The molecule has 2 fully saturated rings. The van der Waals surface area contributed by atoms with Crippen molar-refractivity contribution in [3.8, 4) is 0 Å². The Morgan fingerprint density at radius 3 is 2.55 bits per heavy atom. The monoisotopic (exact) mass is 282 g/mol. The third-order valence-electron chi connectivity index (χ3n) is 4.96. The summed E-state index contributed by atoms with van der Waals surface area (Å²) >= 11 is 0. The van der Waals surface area contributed by atoms with Gasteiger partial charge >= 0.3 is 0 Å². The first-order chi connectivity index (χ1) is 9.85. The van der Waals surface area contributed by atoms with Gasteiger partial charge in [-0.05, 0) is 37.6 Å². The molecule has 1 aliphatic heterocycles. The maximum Gasteiger partial charge on any atom is 0.0593 e. The van der Waals surface area contributed by atoms with Gasteiger partial charge in [0.1, 0.15) is 0 Å². The molecule has 1 saturated carbocycles. The summed E-state index contributed by atoms with van der Waals surface area (Å²) in [6.07, 6.45) is 11.0. The molecule has 0 amide bonds. The van der Waals surface area contributed by atoms with E-state index in [0.29, 0.717) is 5.41 Å². The zero-order valence-electron chi connectivity index (χ0n) is 13.5. The molecule has 3 heteroatoms. The van der Waals surface area contributed by atoms with E-state index in [0.717, 1.165) is 19.8 Å². The minimum atomic E-state index is 0.524. The van der Waals surface area contributed by atoms with Gasteiger partial charge in [-0.1, -0.05) is 32.6 Å². The fraction of sp³-hybridized carbons (Fsp3) is 1.00. The number of hydrogen-bond donors (Lipinski definition) is 1. The summed E-state index contributed by atoms with van der Waals surface area (Å²) in [5.74, 6) is 0. The predicted octanol–water partition coefficient (Wildman–Crippen LogP) is 3.05. The third kappa shape index (κ3) is 5.34. The van der Waals surface area contributed by atoms with Crippen molar-refractivity contribution in [3.05, 3.63) is 0 Å². The minimum absolute atomic E-state index is 0.524. The standard InChI is InChI=1S/C17H34N2O/c1-2-10-18-15-17(8-5-3-4-6-9-17)16-19-11-7-13-20-14-12-19/h18H,2-16H2,1H3. The van der Waals surface area contributed by atoms with E-state index in [1.165, 1.54) is 77.5 Å². The van der Waals surface area contributed by atoms with Crippen molar-refractivity contribution in [2.75, 3.05) is 45.9 Å². The van der Waals surface area contributed by atoms with Crippen molar-refractivity contribution in [3.63, 3.8) is 0 Å². The lowest BCUT2D eigenvalue weighted by molar-refractivity contribution is 0.110. The number of ether oxygens (including phenoxy) is 1. The molecule has 0 aromatic heterocycles. The Balaban J connectivity index is 1.92. The molecule has 0 aromatic rings. The molecular weight excluding hydrogens is 248 g/mol. The number of nitrogens with one attached hydrogen (secondary N) is 1. The maximum absolute atomic E-state index is 5.61. The zero-order valence-corrected chi connectivity index (χ0v) is 13.5. The van der Waals surface area contributed by atoms with Gasteiger partial charge in [0.25, 0.3) is 0 Å². The molecule has 1 saturated heterocycles. The number of hydrogen-bond acceptors (Lipinski definition) is 3. The lowest BCUT2D eigenvalue weighted by Gasteiger charge is -2.38. The van der Waals surface area contributed by atoms with Crippen LogP contribution in [0.5, 0.6) is 0 Å². The molecule has 2 aliphatic rings. The molecule has 2 rings (SSSR count). The molecule has 0 radical (unpaired) electrons. The Labute approximate surface area is 125 Å². The highest BCUT2D eigenvalue weighted by Gasteiger charge is 2.32. The summed E-state index contributed by atoms with van der Waals surface area (Å²) < 4.78 is 5.61. The van der Waals surface area contributed by atoms with E-state index < -0.39 is 0 Å². The highest BCUT2D eigenvalue weighted by Crippen LogP contribution is 2.35. The summed E-state index contributed by atoms with van der Waals surface area (Å²) in [7, 11) is 0. The van der Waals surface area contributed by atoms with Crippen molar-refractivity contribution >= 4 is 0 Å². The van der Waals surface area contributed by atoms with Crippen LogP contribution in [-0.2, 0) is 4.74 Å². The molecule has 0 aromatic carbocycles. The van der Waals surface area contributed by atoms with Gasteiger partial charge in [-0.3, -0.25) is 0 Å². The highest BCUT2D eigenvalue weighted by atomic mass is 16.5. The van der Waals surface area contributed by atoms with Crippen molar-refractivity contribution in [2.24, 2.45) is 5.41 Å². The van der Waals surface area contributed by atoms with Crippen molar-refractivity contribution in [1.29, 1.82) is 0 Å². The first kappa shape index (κ1) is 16.3. The van der Waals surface area contributed by atoms with E-state index in [4.69, 9.17) is 4.74 Å². The molecule has 3 nitrogen and oxygen atoms in total. The smallest absolute Gasteiger partial charge is 0.0593 e. The molecular formula is C17H34N2O. The second kappa shape index (κ2) is 9.01. The molecule has 20 heavy (non-hydrogen) atoms. The average molecular weight is 282 g/mol. The Bertz CT molecular complexity index is 241. The van der Waals surface area contributed by atoms with Gasteiger partial charge in [0.2, 0.25) is 0 Å². The lowest BCUT2D eigenvalue weighted by atomic mass is 9.79. The van der Waals surface area contributed by atoms with E-state index in [9.17, 15) is 0 Å². The van der Waals surface area contributed by atoms with Crippen molar-refractivity contribution in [2.45, 2.75) is 58.3 Å². The van der Waals surface area contributed by atoms with Gasteiger partial charge in [-0.25, -0.2) is 0 Å². The summed E-state index contributed by atoms with van der Waals surface area (Å²) in [6.45, 7) is 10.2. The van der Waals surface area contributed by atoms with Crippen LogP contribution < -0.4 is 5.32 Å². The van der Waals surface area contributed by atoms with E-state index >= 15 is 0 Å². The van der Waals surface area contributed by atoms with E-state index in [2.05, 4.69) is 17.1 Å². The Morgan fingerprint density at radius 1 is 1.00 bits per heavy atom. The third-order valence-corrected chi connectivity index (χ3v) is 4.96. The summed E-state index contributed by atoms with van der Waals surface area (Å²) in [4.78, 5) is 2.67. The molecule has 0 spiro atoms. The van der Waals surface area contributed by atoms with Crippen LogP contribution in [0, 0.1) is 5.41 Å². The highest BCUT2D eigenvalue weighted by molar-refractivity contribution is 4.87. The summed E-state index contributed by atoms with van der Waals surface area (Å²) in [5, 5.41) is 3.72. The van der Waals surface area contributed by atoms with Crippen LogP contribution in [-0.4, -0.2) is 50.8 Å². The topological polar surface area (TPSA) is 24.5 Å². The van der Waals surface area contributed by atoms with Crippen LogP contribution in [0.4, 0.5) is 0 Å². The molecule has 1 heterocycles. The Kier molecular flexibility index (Phi) is 7.32. The average Bonchev–Trinajstić information content (AvgIpc) is 2.83. The van der Waals surface area contributed by atoms with Crippen molar-refractivity contribution in [1.82, 2.24) is 10.2 Å². The second-order valence-corrected chi connectivity index (χ2v) is 6.83. The SMILES string of the molecule is CCCNCC1(CN2CCCOCC2)CCCCCC1. The Hall–Kier alpha value is -0.120. The van der Waals surface area contributed by atoms with Crippen LogP contribution in [0.25, 0.3) is 0 Å². The fourth-order valence-corrected chi connectivity index (χ4v) is 3.83. The molecule has 0 bridgehead atoms. The quantitative estimate of drug-likeness (QED) is 0.598. The van der Waals surface area contributed by atoms with Crippen molar-refractivity contribution < 1.29 is 4.74 Å². The van der Waals surface area contributed by atoms with Gasteiger partial charge < -0.3 is 15.0 Å². The zero-order chi connectivity index (χ0) is 14.1. The first-order valence-electron chi connectivity index (χ1n) is 8.85. The lowest BCUT2D eigenvalue weighted by Crippen LogP contribution is -2.45. The largest absolute Gasteiger partial charge is 0.380 e. The van der Waals surface area contributed by atoms with E-state index in [1.807, 2.05) is 0 Å². The predicted molar refractivity (Wildman–Crippen MR) is 85.2 cm³/mol. The minimum Gasteiger partial charge on any atom is -0.380 e. The van der Waals surface area contributed by atoms with E-state index in [-0.39, 0.29) is 0 Å². The van der Waals surface area contributed by atoms with Crippen LogP contribution in [0.2, 0.25) is 0 Å². The molecule has 0 atom stereocenters. The van der Waals surface area contributed by atoms with E-state index in [1.54, 1.807) is 0 Å². The van der Waals surface area contributed by atoms with Crippen LogP contribution in [0.1, 0.15) is 58.3 Å². The van der Waals surface area contributed by atoms with Gasteiger partial charge in [0, 0.05) is 32.8 Å². The molecule has 1 aliphatic carbocycles. The van der Waals surface area contributed by atoms with Crippen LogP contribution in [0.15, 0.2) is 0 Å². The Morgan fingerprint density at radius 2 is 1.80 bits per heavy atom. The normalized spacial score (nSPS) is 25.1.